The third kappa shape index (κ3) is 3.17. The zero-order chi connectivity index (χ0) is 18.1. The number of hydrogen-bond acceptors (Lipinski definition) is 2. The van der Waals surface area contributed by atoms with E-state index in [1.807, 2.05) is 0 Å². The number of nitrogens with one attached hydrogen (secondary N) is 1. The lowest BCUT2D eigenvalue weighted by molar-refractivity contribution is 0.140. The van der Waals surface area contributed by atoms with Crippen molar-refractivity contribution in [3.63, 3.8) is 0 Å². The van der Waals surface area contributed by atoms with Gasteiger partial charge in [-0.3, -0.25) is 4.90 Å². The van der Waals surface area contributed by atoms with Gasteiger partial charge in [-0.05, 0) is 67.1 Å². The highest BCUT2D eigenvalue weighted by atomic mass is 16.3. The molecule has 0 radical (unpaired) electrons. The molecule has 0 amide bonds. The minimum Gasteiger partial charge on any atom is -0.392 e. The molecular weight excluding hydrogens is 320 g/mol. The Hall–Kier alpha value is -2.10. The predicted octanol–water partition coefficient (Wildman–Crippen LogP) is 5.00. The smallest absolute Gasteiger partial charge is 0.0681 e. The lowest BCUT2D eigenvalue weighted by Gasteiger charge is -2.36. The maximum absolute atomic E-state index is 9.31. The number of H-pyrrole nitrogens is 1. The molecule has 3 nitrogen and oxygen atoms in total. The van der Waals surface area contributed by atoms with E-state index in [2.05, 4.69) is 66.3 Å². The van der Waals surface area contributed by atoms with Crippen molar-refractivity contribution in [1.82, 2.24) is 9.88 Å². The number of nitrogens with zero attached hydrogens (tertiary/aromatic N) is 1. The Bertz CT molecular complexity index is 894. The molecule has 0 saturated carbocycles. The number of likely N-dealkylation sites (tertiary alicyclic amines) is 1. The predicted molar refractivity (Wildman–Crippen MR) is 107 cm³/mol. The molecule has 2 N–H and O–H groups in total. The Labute approximate surface area is 155 Å². The van der Waals surface area contributed by atoms with Crippen LogP contribution in [0.2, 0.25) is 0 Å². The number of hydrogen-bond donors (Lipinski definition) is 2. The first-order chi connectivity index (χ1) is 12.7. The monoisotopic (exact) mass is 348 g/mol. The number of fused-ring (bicyclic) bond motifs is 1. The van der Waals surface area contributed by atoms with E-state index in [4.69, 9.17) is 0 Å². The third-order valence-corrected chi connectivity index (χ3v) is 5.90. The van der Waals surface area contributed by atoms with E-state index in [0.29, 0.717) is 6.04 Å². The van der Waals surface area contributed by atoms with Crippen molar-refractivity contribution in [2.45, 2.75) is 52.3 Å². The maximum atomic E-state index is 9.31. The van der Waals surface area contributed by atoms with E-state index in [-0.39, 0.29) is 6.61 Å². The van der Waals surface area contributed by atoms with E-state index >= 15 is 0 Å². The lowest BCUT2D eigenvalue weighted by atomic mass is 9.92. The van der Waals surface area contributed by atoms with Crippen molar-refractivity contribution in [2.24, 2.45) is 0 Å². The van der Waals surface area contributed by atoms with Crippen LogP contribution >= 0.6 is 0 Å². The van der Waals surface area contributed by atoms with E-state index in [9.17, 15) is 5.11 Å². The normalized spacial score (nSPS) is 18.5. The van der Waals surface area contributed by atoms with Gasteiger partial charge < -0.3 is 10.1 Å². The highest BCUT2D eigenvalue weighted by Gasteiger charge is 2.25. The van der Waals surface area contributed by atoms with Crippen LogP contribution in [0.3, 0.4) is 0 Å². The van der Waals surface area contributed by atoms with Crippen LogP contribution in [0.5, 0.6) is 0 Å². The van der Waals surface area contributed by atoms with E-state index in [1.54, 1.807) is 0 Å². The van der Waals surface area contributed by atoms with Gasteiger partial charge in [-0.1, -0.05) is 36.8 Å². The summed E-state index contributed by atoms with van der Waals surface area (Å²) in [6.07, 6.45) is 5.82. The number of piperidine rings is 1. The molecule has 0 unspecified atom stereocenters. The lowest BCUT2D eigenvalue weighted by Crippen LogP contribution is -2.33. The Morgan fingerprint density at radius 2 is 1.88 bits per heavy atom. The maximum Gasteiger partial charge on any atom is 0.0681 e. The Morgan fingerprint density at radius 1 is 1.08 bits per heavy atom. The van der Waals surface area contributed by atoms with Crippen LogP contribution in [0.25, 0.3) is 10.9 Å². The number of benzene rings is 2. The second-order valence-corrected chi connectivity index (χ2v) is 7.64. The van der Waals surface area contributed by atoms with Crippen molar-refractivity contribution in [2.75, 3.05) is 6.54 Å². The van der Waals surface area contributed by atoms with Crippen molar-refractivity contribution >= 4 is 10.9 Å². The van der Waals surface area contributed by atoms with Gasteiger partial charge in [0.1, 0.15) is 0 Å². The van der Waals surface area contributed by atoms with Gasteiger partial charge in [0, 0.05) is 29.7 Å². The van der Waals surface area contributed by atoms with Crippen LogP contribution in [0.15, 0.2) is 42.6 Å². The molecule has 2 heterocycles. The Morgan fingerprint density at radius 3 is 2.65 bits per heavy atom. The van der Waals surface area contributed by atoms with Gasteiger partial charge >= 0.3 is 0 Å². The van der Waals surface area contributed by atoms with Crippen LogP contribution in [-0.2, 0) is 13.2 Å². The molecule has 0 aliphatic carbocycles. The zero-order valence-electron chi connectivity index (χ0n) is 15.8. The molecule has 136 valence electrons. The first-order valence-electron chi connectivity index (χ1n) is 9.67. The van der Waals surface area contributed by atoms with Crippen LogP contribution < -0.4 is 0 Å². The minimum atomic E-state index is 0.114. The fourth-order valence-corrected chi connectivity index (χ4v) is 4.46. The van der Waals surface area contributed by atoms with Gasteiger partial charge in [-0.15, -0.1) is 0 Å². The molecule has 1 aromatic heterocycles. The summed E-state index contributed by atoms with van der Waals surface area (Å²) in [5, 5.41) is 10.7. The fraction of sp³-hybridized carbons (Fsp3) is 0.391. The Kier molecular flexibility index (Phi) is 4.84. The quantitative estimate of drug-likeness (QED) is 0.696. The van der Waals surface area contributed by atoms with Crippen molar-refractivity contribution < 1.29 is 5.11 Å². The van der Waals surface area contributed by atoms with Crippen LogP contribution in [0, 0.1) is 13.8 Å². The molecule has 1 atom stereocenters. The average Bonchev–Trinajstić information content (AvgIpc) is 3.16. The standard InChI is InChI=1S/C23H28N2O/c1-16-13-17(2)23-20(10-11-24-23)21(16)14-25-12-4-3-5-22(25)19-8-6-18(15-26)7-9-19/h6-11,13,22,24,26H,3-5,12,14-15H2,1-2H3/t22-/m1/s1. The summed E-state index contributed by atoms with van der Waals surface area (Å²) < 4.78 is 0. The summed E-state index contributed by atoms with van der Waals surface area (Å²) in [6.45, 7) is 6.67. The van der Waals surface area contributed by atoms with Crippen molar-refractivity contribution in [3.05, 3.63) is 70.4 Å². The largest absolute Gasteiger partial charge is 0.392 e. The molecule has 1 aliphatic heterocycles. The molecule has 3 heteroatoms. The SMILES string of the molecule is Cc1cc(C)c2[nH]ccc2c1CN1CCCC[C@@H]1c1ccc(CO)cc1. The van der Waals surface area contributed by atoms with Crippen LogP contribution in [-0.4, -0.2) is 21.5 Å². The van der Waals surface area contributed by atoms with Gasteiger partial charge in [0.25, 0.3) is 0 Å². The minimum absolute atomic E-state index is 0.114. The Balaban J connectivity index is 1.66. The van der Waals surface area contributed by atoms with Gasteiger partial charge in [-0.2, -0.15) is 0 Å². The van der Waals surface area contributed by atoms with E-state index < -0.39 is 0 Å². The fourth-order valence-electron chi connectivity index (χ4n) is 4.46. The molecule has 4 rings (SSSR count). The summed E-state index contributed by atoms with van der Waals surface area (Å²) >= 11 is 0. The highest BCUT2D eigenvalue weighted by molar-refractivity contribution is 5.86. The molecule has 2 aromatic carbocycles. The molecule has 1 fully saturated rings. The number of aromatic amines is 1. The number of aromatic nitrogens is 1. The summed E-state index contributed by atoms with van der Waals surface area (Å²) in [6, 6.07) is 13.5. The second kappa shape index (κ2) is 7.26. The van der Waals surface area contributed by atoms with Gasteiger partial charge in [0.05, 0.1) is 6.61 Å². The number of aliphatic hydroxyl groups is 1. The molecule has 26 heavy (non-hydrogen) atoms. The summed E-state index contributed by atoms with van der Waals surface area (Å²) in [4.78, 5) is 6.05. The topological polar surface area (TPSA) is 39.3 Å². The number of aliphatic hydroxyl groups excluding tert-OH is 1. The summed E-state index contributed by atoms with van der Waals surface area (Å²) in [5.74, 6) is 0. The van der Waals surface area contributed by atoms with Crippen LogP contribution in [0.1, 0.15) is 53.1 Å². The number of rotatable bonds is 4. The first-order valence-corrected chi connectivity index (χ1v) is 9.67. The van der Waals surface area contributed by atoms with Crippen molar-refractivity contribution in [3.8, 4) is 0 Å². The molecule has 1 saturated heterocycles. The van der Waals surface area contributed by atoms with E-state index in [0.717, 1.165) is 18.7 Å². The van der Waals surface area contributed by atoms with Crippen molar-refractivity contribution in [1.29, 1.82) is 0 Å². The zero-order valence-corrected chi connectivity index (χ0v) is 15.8. The summed E-state index contributed by atoms with van der Waals surface area (Å²) in [5.41, 5.74) is 7.78. The molecule has 0 bridgehead atoms. The second-order valence-electron chi connectivity index (χ2n) is 7.64. The molecule has 0 spiro atoms. The summed E-state index contributed by atoms with van der Waals surface area (Å²) in [7, 11) is 0. The third-order valence-electron chi connectivity index (χ3n) is 5.90. The highest BCUT2D eigenvalue weighted by Crippen LogP contribution is 2.34. The first kappa shape index (κ1) is 17.3. The molecular formula is C23H28N2O. The average molecular weight is 348 g/mol. The van der Waals surface area contributed by atoms with E-state index in [1.165, 1.54) is 52.4 Å². The molecule has 1 aliphatic rings. The number of aryl methyl sites for hydroxylation is 2. The van der Waals surface area contributed by atoms with Gasteiger partial charge in [0.2, 0.25) is 0 Å². The molecule has 3 aromatic rings. The van der Waals surface area contributed by atoms with Crippen LogP contribution in [0.4, 0.5) is 0 Å². The van der Waals surface area contributed by atoms with Gasteiger partial charge in [-0.25, -0.2) is 0 Å². The van der Waals surface area contributed by atoms with Gasteiger partial charge in [0.15, 0.2) is 0 Å².